The van der Waals surface area contributed by atoms with Gasteiger partial charge in [0.05, 0.1) is 19.8 Å². The Morgan fingerprint density at radius 1 is 1.54 bits per heavy atom. The topological polar surface area (TPSA) is 21.7 Å². The summed E-state index contributed by atoms with van der Waals surface area (Å²) >= 11 is 0. The molecule has 74 valence electrons. The van der Waals surface area contributed by atoms with Crippen LogP contribution < -0.4 is 0 Å². The Morgan fingerprint density at radius 3 is 2.62 bits per heavy atom. The Kier molecular flexibility index (Phi) is 4.69. The highest BCUT2D eigenvalue weighted by molar-refractivity contribution is 7.44. The molecular weight excluding hydrogens is 185 g/mol. The molecule has 0 spiro atoms. The predicted octanol–water partition coefficient (Wildman–Crippen LogP) is 1.99. The Morgan fingerprint density at radius 2 is 2.15 bits per heavy atom. The van der Waals surface area contributed by atoms with E-state index in [4.69, 9.17) is 15.5 Å². The Balaban J connectivity index is 2.50. The molecule has 0 aromatic carbocycles. The molecule has 3 nitrogen and oxygen atoms in total. The zero-order valence-electron chi connectivity index (χ0n) is 8.19. The quantitative estimate of drug-likeness (QED) is 0.513. The highest BCUT2D eigenvalue weighted by Crippen LogP contribution is 2.47. The molecule has 0 aromatic heterocycles. The molecule has 1 unspecified atom stereocenters. The van der Waals surface area contributed by atoms with Crippen molar-refractivity contribution in [1.29, 1.82) is 0 Å². The fourth-order valence-corrected chi connectivity index (χ4v) is 2.61. The average molecular weight is 201 g/mol. The smallest absolute Gasteiger partial charge is 0.260 e. The van der Waals surface area contributed by atoms with Crippen molar-refractivity contribution in [3.05, 3.63) is 0 Å². The van der Waals surface area contributed by atoms with Crippen LogP contribution >= 0.6 is 8.53 Å². The van der Waals surface area contributed by atoms with E-state index < -0.39 is 8.53 Å². The van der Waals surface area contributed by atoms with Crippen molar-refractivity contribution >= 4 is 8.53 Å². The summed E-state index contributed by atoms with van der Waals surface area (Å²) in [6.45, 7) is 6.29. The first-order chi connectivity index (χ1) is 6.29. The third-order valence-electron chi connectivity index (χ3n) is 2.05. The fraction of sp³-hybridized carbons (Fsp3) is 0.778. The molecule has 0 aromatic rings. The van der Waals surface area contributed by atoms with E-state index in [2.05, 4.69) is 24.4 Å². The summed E-state index contributed by atoms with van der Waals surface area (Å²) in [5.41, 5.74) is 0. The van der Waals surface area contributed by atoms with E-state index in [1.54, 1.807) is 0 Å². The minimum absolute atomic E-state index is 0.431. The minimum atomic E-state index is -0.869. The van der Waals surface area contributed by atoms with E-state index in [9.17, 15) is 0 Å². The monoisotopic (exact) mass is 201 g/mol. The van der Waals surface area contributed by atoms with Crippen LogP contribution in [-0.4, -0.2) is 30.5 Å². The van der Waals surface area contributed by atoms with Gasteiger partial charge in [0.15, 0.2) is 0 Å². The van der Waals surface area contributed by atoms with E-state index in [0.717, 1.165) is 6.42 Å². The number of hydrogen-bond acceptors (Lipinski definition) is 3. The molecule has 1 aliphatic heterocycles. The molecule has 1 fully saturated rings. The van der Waals surface area contributed by atoms with Crippen LogP contribution in [0.2, 0.25) is 0 Å². The SMILES string of the molecule is C#CCN(C(C)CC)P1OCCO1. The van der Waals surface area contributed by atoms with Gasteiger partial charge in [-0.25, -0.2) is 4.67 Å². The second kappa shape index (κ2) is 5.57. The molecule has 1 aliphatic rings. The van der Waals surface area contributed by atoms with Gasteiger partial charge in [-0.1, -0.05) is 12.8 Å². The maximum absolute atomic E-state index is 5.46. The molecule has 1 heterocycles. The molecule has 4 heteroatoms. The standard InChI is InChI=1S/C9H16NO2P/c1-4-6-10(9(3)5-2)13-11-7-8-12-13/h1,9H,5-8H2,2-3H3. The van der Waals surface area contributed by atoms with Crippen LogP contribution in [0.4, 0.5) is 0 Å². The largest absolute Gasteiger partial charge is 0.319 e. The van der Waals surface area contributed by atoms with Gasteiger partial charge in [0, 0.05) is 6.04 Å². The number of terminal acetylenes is 1. The van der Waals surface area contributed by atoms with E-state index >= 15 is 0 Å². The molecule has 0 N–H and O–H groups in total. The van der Waals surface area contributed by atoms with Gasteiger partial charge in [-0.2, -0.15) is 0 Å². The zero-order valence-corrected chi connectivity index (χ0v) is 9.09. The zero-order chi connectivity index (χ0) is 9.68. The van der Waals surface area contributed by atoms with Gasteiger partial charge in [-0.3, -0.25) is 0 Å². The van der Waals surface area contributed by atoms with Gasteiger partial charge >= 0.3 is 0 Å². The van der Waals surface area contributed by atoms with Crippen molar-refractivity contribution in [3.8, 4) is 12.3 Å². The molecule has 1 saturated heterocycles. The van der Waals surface area contributed by atoms with Gasteiger partial charge in [0.1, 0.15) is 0 Å². The van der Waals surface area contributed by atoms with Gasteiger partial charge in [0.25, 0.3) is 8.53 Å². The molecule has 0 amide bonds. The summed E-state index contributed by atoms with van der Waals surface area (Å²) in [6, 6.07) is 0.431. The average Bonchev–Trinajstić information content (AvgIpc) is 2.65. The van der Waals surface area contributed by atoms with Crippen molar-refractivity contribution in [2.75, 3.05) is 19.8 Å². The highest BCUT2D eigenvalue weighted by Gasteiger charge is 2.28. The summed E-state index contributed by atoms with van der Waals surface area (Å²) in [7, 11) is -0.869. The van der Waals surface area contributed by atoms with Crippen molar-refractivity contribution in [3.63, 3.8) is 0 Å². The summed E-state index contributed by atoms with van der Waals surface area (Å²) < 4.78 is 13.1. The fourth-order valence-electron chi connectivity index (χ4n) is 1.10. The summed E-state index contributed by atoms with van der Waals surface area (Å²) in [5.74, 6) is 2.64. The molecule has 13 heavy (non-hydrogen) atoms. The first kappa shape index (κ1) is 10.9. The Labute approximate surface area is 81.4 Å². The lowest BCUT2D eigenvalue weighted by atomic mass is 10.3. The number of nitrogens with zero attached hydrogens (tertiary/aromatic N) is 1. The van der Waals surface area contributed by atoms with E-state index in [-0.39, 0.29) is 0 Å². The third-order valence-corrected chi connectivity index (χ3v) is 3.81. The van der Waals surface area contributed by atoms with Gasteiger partial charge < -0.3 is 9.05 Å². The van der Waals surface area contributed by atoms with E-state index in [1.807, 2.05) is 0 Å². The van der Waals surface area contributed by atoms with Crippen molar-refractivity contribution in [1.82, 2.24) is 4.67 Å². The van der Waals surface area contributed by atoms with Crippen LogP contribution in [0.3, 0.4) is 0 Å². The first-order valence-corrected chi connectivity index (χ1v) is 5.68. The molecule has 1 atom stereocenters. The molecule has 0 saturated carbocycles. The Hall–Kier alpha value is -0.130. The second-order valence-corrected chi connectivity index (χ2v) is 4.47. The first-order valence-electron chi connectivity index (χ1n) is 4.55. The maximum Gasteiger partial charge on any atom is 0.260 e. The van der Waals surface area contributed by atoms with Crippen LogP contribution in [0.1, 0.15) is 20.3 Å². The van der Waals surface area contributed by atoms with Crippen molar-refractivity contribution in [2.45, 2.75) is 26.3 Å². The lowest BCUT2D eigenvalue weighted by molar-refractivity contribution is 0.295. The Bertz CT molecular complexity index is 187. The second-order valence-electron chi connectivity index (χ2n) is 2.96. The molecule has 0 bridgehead atoms. The summed E-state index contributed by atoms with van der Waals surface area (Å²) in [4.78, 5) is 0. The number of hydrogen-bond donors (Lipinski definition) is 0. The van der Waals surface area contributed by atoms with Crippen molar-refractivity contribution in [2.24, 2.45) is 0 Å². The van der Waals surface area contributed by atoms with Crippen LogP contribution in [0.15, 0.2) is 0 Å². The molecular formula is C9H16NO2P. The van der Waals surface area contributed by atoms with Gasteiger partial charge in [-0.05, 0) is 13.3 Å². The van der Waals surface area contributed by atoms with Gasteiger partial charge in [0.2, 0.25) is 0 Å². The van der Waals surface area contributed by atoms with E-state index in [0.29, 0.717) is 25.8 Å². The number of rotatable bonds is 4. The summed E-state index contributed by atoms with van der Waals surface area (Å²) in [6.07, 6.45) is 6.36. The third kappa shape index (κ3) is 2.93. The van der Waals surface area contributed by atoms with E-state index in [1.165, 1.54) is 0 Å². The van der Waals surface area contributed by atoms with Crippen LogP contribution in [0.25, 0.3) is 0 Å². The predicted molar refractivity (Wildman–Crippen MR) is 54.1 cm³/mol. The lowest BCUT2D eigenvalue weighted by Gasteiger charge is -2.28. The maximum atomic E-state index is 5.46. The molecule has 0 aliphatic carbocycles. The lowest BCUT2D eigenvalue weighted by Crippen LogP contribution is -2.28. The summed E-state index contributed by atoms with van der Waals surface area (Å²) in [5, 5.41) is 0. The highest BCUT2D eigenvalue weighted by atomic mass is 31.2. The molecule has 0 radical (unpaired) electrons. The van der Waals surface area contributed by atoms with Crippen molar-refractivity contribution < 1.29 is 9.05 Å². The van der Waals surface area contributed by atoms with Crippen LogP contribution in [0, 0.1) is 12.3 Å². The normalized spacial score (nSPS) is 20.5. The van der Waals surface area contributed by atoms with Gasteiger partial charge in [-0.15, -0.1) is 6.42 Å². The van der Waals surface area contributed by atoms with Crippen LogP contribution in [-0.2, 0) is 9.05 Å². The minimum Gasteiger partial charge on any atom is -0.319 e. The van der Waals surface area contributed by atoms with Crippen LogP contribution in [0.5, 0.6) is 0 Å². The molecule has 1 rings (SSSR count).